The van der Waals surface area contributed by atoms with Crippen LogP contribution in [0.5, 0.6) is 0 Å². The highest BCUT2D eigenvalue weighted by Gasteiger charge is 2.18. The molecule has 6 heteroatoms. The van der Waals surface area contributed by atoms with Crippen LogP contribution in [0.25, 0.3) is 10.4 Å². The number of rotatable bonds is 3. The molecule has 0 atom stereocenters. The van der Waals surface area contributed by atoms with Gasteiger partial charge < -0.3 is 4.74 Å². The van der Waals surface area contributed by atoms with E-state index in [1.54, 1.807) is 0 Å². The molecule has 2 heterocycles. The lowest BCUT2D eigenvalue weighted by Gasteiger charge is -2.11. The van der Waals surface area contributed by atoms with Crippen LogP contribution in [0.2, 0.25) is 0 Å². The molecule has 1 aromatic heterocycles. The van der Waals surface area contributed by atoms with E-state index in [1.165, 1.54) is 5.56 Å². The standard InChI is InChI=1S/C9H13N5O/c1-14-9(2-4-11-13-10)7-6-15-5-3-8(7)12-14/h2-6H2,1H3. The van der Waals surface area contributed by atoms with E-state index >= 15 is 0 Å². The van der Waals surface area contributed by atoms with E-state index in [1.807, 2.05) is 11.7 Å². The fourth-order valence-electron chi connectivity index (χ4n) is 1.89. The lowest BCUT2D eigenvalue weighted by Crippen LogP contribution is -2.10. The molecule has 0 bridgehead atoms. The molecule has 15 heavy (non-hydrogen) atoms. The molecule has 0 saturated heterocycles. The average molecular weight is 207 g/mol. The highest BCUT2D eigenvalue weighted by Crippen LogP contribution is 2.20. The molecule has 1 aliphatic heterocycles. The second-order valence-electron chi connectivity index (χ2n) is 3.50. The number of fused-ring (bicyclic) bond motifs is 1. The lowest BCUT2D eigenvalue weighted by atomic mass is 10.1. The third-order valence-electron chi connectivity index (χ3n) is 2.60. The third-order valence-corrected chi connectivity index (χ3v) is 2.60. The molecule has 0 aliphatic carbocycles. The van der Waals surface area contributed by atoms with Crippen LogP contribution in [0.4, 0.5) is 0 Å². The van der Waals surface area contributed by atoms with Crippen LogP contribution in [0, 0.1) is 0 Å². The van der Waals surface area contributed by atoms with Gasteiger partial charge in [-0.15, -0.1) is 0 Å². The van der Waals surface area contributed by atoms with Crippen molar-refractivity contribution in [3.8, 4) is 0 Å². The zero-order valence-corrected chi connectivity index (χ0v) is 8.68. The van der Waals surface area contributed by atoms with Crippen LogP contribution in [-0.4, -0.2) is 22.9 Å². The number of hydrogen-bond donors (Lipinski definition) is 0. The molecule has 0 fully saturated rings. The van der Waals surface area contributed by atoms with Gasteiger partial charge in [0.1, 0.15) is 0 Å². The van der Waals surface area contributed by atoms with Crippen LogP contribution >= 0.6 is 0 Å². The number of aryl methyl sites for hydroxylation is 1. The Bertz CT molecular complexity index is 405. The molecule has 0 radical (unpaired) electrons. The molecule has 0 amide bonds. The lowest BCUT2D eigenvalue weighted by molar-refractivity contribution is 0.109. The summed E-state index contributed by atoms with van der Waals surface area (Å²) in [7, 11) is 1.92. The maximum atomic E-state index is 8.21. The van der Waals surface area contributed by atoms with E-state index in [4.69, 9.17) is 10.3 Å². The van der Waals surface area contributed by atoms with E-state index in [9.17, 15) is 0 Å². The summed E-state index contributed by atoms with van der Waals surface area (Å²) in [5.74, 6) is 0. The monoisotopic (exact) mass is 207 g/mol. The van der Waals surface area contributed by atoms with Crippen molar-refractivity contribution in [2.24, 2.45) is 12.2 Å². The van der Waals surface area contributed by atoms with Gasteiger partial charge in [-0.3, -0.25) is 4.68 Å². The molecule has 0 spiro atoms. The summed E-state index contributed by atoms with van der Waals surface area (Å²) >= 11 is 0. The van der Waals surface area contributed by atoms with E-state index in [-0.39, 0.29) is 0 Å². The quantitative estimate of drug-likeness (QED) is 0.426. The van der Waals surface area contributed by atoms with Crippen LogP contribution in [-0.2, 0) is 31.2 Å². The van der Waals surface area contributed by atoms with Crippen LogP contribution in [0.3, 0.4) is 0 Å². The zero-order valence-electron chi connectivity index (χ0n) is 8.68. The van der Waals surface area contributed by atoms with Gasteiger partial charge in [0.25, 0.3) is 0 Å². The zero-order chi connectivity index (χ0) is 10.7. The Kier molecular flexibility index (Phi) is 2.89. The Morgan fingerprint density at radius 2 is 2.53 bits per heavy atom. The minimum atomic E-state index is 0.475. The molecule has 0 saturated carbocycles. The van der Waals surface area contributed by atoms with E-state index in [0.29, 0.717) is 13.2 Å². The van der Waals surface area contributed by atoms with Gasteiger partial charge in [0.2, 0.25) is 0 Å². The fourth-order valence-corrected chi connectivity index (χ4v) is 1.89. The van der Waals surface area contributed by atoms with Crippen molar-refractivity contribution in [1.29, 1.82) is 0 Å². The van der Waals surface area contributed by atoms with Crippen molar-refractivity contribution in [1.82, 2.24) is 9.78 Å². The third kappa shape index (κ3) is 1.95. The second kappa shape index (κ2) is 4.33. The average Bonchev–Trinajstić information content (AvgIpc) is 2.56. The summed E-state index contributed by atoms with van der Waals surface area (Å²) in [6.45, 7) is 1.86. The summed E-state index contributed by atoms with van der Waals surface area (Å²) in [5.41, 5.74) is 11.6. The molecule has 1 aromatic rings. The number of ether oxygens (including phenoxy) is 1. The Morgan fingerprint density at radius 1 is 1.67 bits per heavy atom. The Balaban J connectivity index is 2.21. The van der Waals surface area contributed by atoms with Crippen molar-refractivity contribution in [3.05, 3.63) is 27.4 Å². The number of nitrogens with zero attached hydrogens (tertiary/aromatic N) is 5. The predicted octanol–water partition coefficient (Wildman–Crippen LogP) is 1.35. The maximum absolute atomic E-state index is 8.21. The van der Waals surface area contributed by atoms with Crippen molar-refractivity contribution in [2.45, 2.75) is 19.4 Å². The fraction of sp³-hybridized carbons (Fsp3) is 0.667. The van der Waals surface area contributed by atoms with Crippen molar-refractivity contribution in [3.63, 3.8) is 0 Å². The molecular weight excluding hydrogens is 194 g/mol. The van der Waals surface area contributed by atoms with Crippen LogP contribution < -0.4 is 0 Å². The highest BCUT2D eigenvalue weighted by molar-refractivity contribution is 5.27. The second-order valence-corrected chi connectivity index (χ2v) is 3.50. The summed E-state index contributed by atoms with van der Waals surface area (Å²) < 4.78 is 7.27. The SMILES string of the molecule is Cn1nc2c(c1CCN=[N+]=[N-])COCC2. The summed E-state index contributed by atoms with van der Waals surface area (Å²) in [5, 5.41) is 7.97. The topological polar surface area (TPSA) is 75.8 Å². The van der Waals surface area contributed by atoms with E-state index in [2.05, 4.69) is 15.1 Å². The molecule has 0 unspecified atom stereocenters. The van der Waals surface area contributed by atoms with Gasteiger partial charge >= 0.3 is 0 Å². The summed E-state index contributed by atoms with van der Waals surface area (Å²) in [6.07, 6.45) is 1.61. The van der Waals surface area contributed by atoms with Gasteiger partial charge in [-0.25, -0.2) is 0 Å². The first kappa shape index (κ1) is 10.0. The smallest absolute Gasteiger partial charge is 0.0753 e. The summed E-state index contributed by atoms with van der Waals surface area (Å²) in [4.78, 5) is 2.74. The van der Waals surface area contributed by atoms with Gasteiger partial charge in [-0.05, 0) is 12.0 Å². The number of aromatic nitrogens is 2. The minimum absolute atomic E-state index is 0.475. The summed E-state index contributed by atoms with van der Waals surface area (Å²) in [6, 6.07) is 0. The van der Waals surface area contributed by atoms with E-state index in [0.717, 1.165) is 30.8 Å². The first-order valence-electron chi connectivity index (χ1n) is 4.95. The van der Waals surface area contributed by atoms with Gasteiger partial charge in [-0.1, -0.05) is 5.11 Å². The predicted molar refractivity (Wildman–Crippen MR) is 54.3 cm³/mol. The van der Waals surface area contributed by atoms with Gasteiger partial charge in [0, 0.05) is 36.2 Å². The van der Waals surface area contributed by atoms with Crippen molar-refractivity contribution < 1.29 is 4.74 Å². The van der Waals surface area contributed by atoms with Crippen LogP contribution in [0.1, 0.15) is 17.0 Å². The first-order valence-corrected chi connectivity index (χ1v) is 4.95. The molecule has 1 aliphatic rings. The Hall–Kier alpha value is -1.52. The Morgan fingerprint density at radius 3 is 3.33 bits per heavy atom. The molecule has 0 N–H and O–H groups in total. The maximum Gasteiger partial charge on any atom is 0.0753 e. The van der Waals surface area contributed by atoms with Crippen molar-refractivity contribution in [2.75, 3.05) is 13.2 Å². The van der Waals surface area contributed by atoms with Gasteiger partial charge in [0.15, 0.2) is 0 Å². The van der Waals surface area contributed by atoms with Gasteiger partial charge in [-0.2, -0.15) is 5.10 Å². The number of hydrogen-bond acceptors (Lipinski definition) is 3. The molecule has 2 rings (SSSR count). The molecule has 0 aromatic carbocycles. The van der Waals surface area contributed by atoms with Crippen LogP contribution in [0.15, 0.2) is 5.11 Å². The Labute approximate surface area is 87.5 Å². The normalized spacial score (nSPS) is 14.5. The number of azide groups is 1. The molecule has 6 nitrogen and oxygen atoms in total. The van der Waals surface area contributed by atoms with Crippen molar-refractivity contribution >= 4 is 0 Å². The molecular formula is C9H13N5O. The molecule has 80 valence electrons. The van der Waals surface area contributed by atoms with Gasteiger partial charge in [0.05, 0.1) is 18.9 Å². The minimum Gasteiger partial charge on any atom is -0.376 e. The largest absolute Gasteiger partial charge is 0.376 e. The first-order chi connectivity index (χ1) is 7.33. The highest BCUT2D eigenvalue weighted by atomic mass is 16.5. The van der Waals surface area contributed by atoms with E-state index < -0.39 is 0 Å².